The highest BCUT2D eigenvalue weighted by Gasteiger charge is 2.15. The number of rotatable bonds is 3. The molecule has 0 unspecified atom stereocenters. The van der Waals surface area contributed by atoms with Crippen molar-refractivity contribution in [2.75, 3.05) is 5.32 Å². The van der Waals surface area contributed by atoms with Crippen molar-refractivity contribution in [3.05, 3.63) is 52.5 Å². The minimum absolute atomic E-state index is 0.0700. The fourth-order valence-corrected chi connectivity index (χ4v) is 2.22. The van der Waals surface area contributed by atoms with Crippen LogP contribution in [0.15, 0.2) is 45.5 Å². The molecule has 20 heavy (non-hydrogen) atoms. The number of halogens is 1. The first-order chi connectivity index (χ1) is 9.74. The number of nitrogens with one attached hydrogen (secondary N) is 1. The summed E-state index contributed by atoms with van der Waals surface area (Å²) in [4.78, 5) is 11.9. The molecular weight excluding hydrogens is 281 g/mol. The van der Waals surface area contributed by atoms with E-state index in [9.17, 15) is 9.18 Å². The van der Waals surface area contributed by atoms with Crippen LogP contribution in [0.5, 0.6) is 0 Å². The van der Waals surface area contributed by atoms with Gasteiger partial charge in [0.05, 0.1) is 5.56 Å². The van der Waals surface area contributed by atoms with E-state index in [1.54, 1.807) is 6.07 Å². The van der Waals surface area contributed by atoms with Crippen molar-refractivity contribution in [1.29, 1.82) is 0 Å². The smallest absolute Gasteiger partial charge is 0.322 e. The number of hydrogen-bond donors (Lipinski definition) is 1. The summed E-state index contributed by atoms with van der Waals surface area (Å²) < 4.78 is 18.7. The van der Waals surface area contributed by atoms with Crippen molar-refractivity contribution < 1.29 is 13.6 Å². The largest absolute Gasteiger partial charge is 0.403 e. The summed E-state index contributed by atoms with van der Waals surface area (Å²) in [5, 5.41) is 13.6. The quantitative estimate of drug-likeness (QED) is 0.804. The second kappa shape index (κ2) is 5.22. The van der Waals surface area contributed by atoms with E-state index in [1.807, 2.05) is 16.8 Å². The lowest BCUT2D eigenvalue weighted by molar-refractivity contribution is 0.102. The third-order valence-electron chi connectivity index (χ3n) is 2.53. The first kappa shape index (κ1) is 12.5. The van der Waals surface area contributed by atoms with Gasteiger partial charge in [-0.2, -0.15) is 11.3 Å². The van der Waals surface area contributed by atoms with Crippen LogP contribution in [-0.4, -0.2) is 16.1 Å². The second-order valence-electron chi connectivity index (χ2n) is 3.86. The normalized spacial score (nSPS) is 10.4. The predicted molar refractivity (Wildman–Crippen MR) is 72.0 cm³/mol. The second-order valence-corrected chi connectivity index (χ2v) is 4.64. The van der Waals surface area contributed by atoms with E-state index in [4.69, 9.17) is 4.42 Å². The summed E-state index contributed by atoms with van der Waals surface area (Å²) in [5.41, 5.74) is 0.691. The Hall–Kier alpha value is -2.54. The van der Waals surface area contributed by atoms with Gasteiger partial charge >= 0.3 is 6.01 Å². The van der Waals surface area contributed by atoms with Crippen molar-refractivity contribution in [1.82, 2.24) is 10.2 Å². The summed E-state index contributed by atoms with van der Waals surface area (Å²) in [6.45, 7) is 0. The fourth-order valence-electron chi connectivity index (χ4n) is 1.59. The van der Waals surface area contributed by atoms with E-state index in [1.165, 1.54) is 29.5 Å². The molecule has 0 bridgehead atoms. The number of hydrogen-bond acceptors (Lipinski definition) is 5. The number of benzene rings is 1. The number of thiophene rings is 1. The van der Waals surface area contributed by atoms with Gasteiger partial charge in [-0.1, -0.05) is 17.2 Å². The van der Waals surface area contributed by atoms with E-state index in [0.717, 1.165) is 5.56 Å². The maximum Gasteiger partial charge on any atom is 0.322 e. The van der Waals surface area contributed by atoms with Crippen molar-refractivity contribution in [3.8, 4) is 11.5 Å². The third kappa shape index (κ3) is 2.43. The molecule has 1 aromatic carbocycles. The highest BCUT2D eigenvalue weighted by molar-refractivity contribution is 7.08. The van der Waals surface area contributed by atoms with Gasteiger partial charge in [0.1, 0.15) is 5.82 Å². The van der Waals surface area contributed by atoms with Gasteiger partial charge in [0.15, 0.2) is 0 Å². The molecule has 2 aromatic heterocycles. The molecule has 1 N–H and O–H groups in total. The number of anilines is 1. The first-order valence-corrected chi connectivity index (χ1v) is 6.60. The highest BCUT2D eigenvalue weighted by Crippen LogP contribution is 2.22. The van der Waals surface area contributed by atoms with Gasteiger partial charge in [-0.25, -0.2) is 4.39 Å². The molecule has 0 saturated carbocycles. The van der Waals surface area contributed by atoms with Crippen LogP contribution in [0.1, 0.15) is 10.4 Å². The number of carbonyl (C=O) groups is 1. The Balaban J connectivity index is 1.79. The molecule has 3 aromatic rings. The molecule has 0 radical (unpaired) electrons. The van der Waals surface area contributed by atoms with E-state index in [0.29, 0.717) is 5.89 Å². The molecule has 0 spiro atoms. The molecule has 0 aliphatic heterocycles. The Morgan fingerprint density at radius 1 is 1.25 bits per heavy atom. The van der Waals surface area contributed by atoms with Crippen LogP contribution in [0, 0.1) is 5.82 Å². The Kier molecular flexibility index (Phi) is 3.26. The highest BCUT2D eigenvalue weighted by atomic mass is 32.1. The van der Waals surface area contributed by atoms with E-state index in [2.05, 4.69) is 15.5 Å². The molecule has 100 valence electrons. The van der Waals surface area contributed by atoms with Crippen LogP contribution in [-0.2, 0) is 0 Å². The Morgan fingerprint density at radius 3 is 2.85 bits per heavy atom. The van der Waals surface area contributed by atoms with Gasteiger partial charge < -0.3 is 4.42 Å². The average Bonchev–Trinajstić information content (AvgIpc) is 3.09. The fraction of sp³-hybridized carbons (Fsp3) is 0. The summed E-state index contributed by atoms with van der Waals surface area (Å²) in [7, 11) is 0. The van der Waals surface area contributed by atoms with Gasteiger partial charge in [0.2, 0.25) is 0 Å². The molecule has 0 aliphatic carbocycles. The topological polar surface area (TPSA) is 68.0 Å². The van der Waals surface area contributed by atoms with Crippen molar-refractivity contribution >= 4 is 23.3 Å². The van der Waals surface area contributed by atoms with Crippen LogP contribution in [0.2, 0.25) is 0 Å². The summed E-state index contributed by atoms with van der Waals surface area (Å²) >= 11 is 1.49. The maximum atomic E-state index is 13.4. The third-order valence-corrected chi connectivity index (χ3v) is 3.22. The molecular formula is C13H8FN3O2S. The molecule has 0 saturated heterocycles. The van der Waals surface area contributed by atoms with Crippen molar-refractivity contribution in [3.63, 3.8) is 0 Å². The first-order valence-electron chi connectivity index (χ1n) is 5.66. The molecule has 0 aliphatic rings. The van der Waals surface area contributed by atoms with Crippen molar-refractivity contribution in [2.45, 2.75) is 0 Å². The SMILES string of the molecule is O=C(Nc1nnc(-c2ccsc2)o1)c1ccccc1F. The lowest BCUT2D eigenvalue weighted by atomic mass is 10.2. The van der Waals surface area contributed by atoms with Crippen molar-refractivity contribution in [2.24, 2.45) is 0 Å². The minimum Gasteiger partial charge on any atom is -0.403 e. The van der Waals surface area contributed by atoms with Gasteiger partial charge in [-0.3, -0.25) is 10.1 Å². The van der Waals surface area contributed by atoms with Crippen LogP contribution >= 0.6 is 11.3 Å². The molecule has 0 atom stereocenters. The molecule has 0 fully saturated rings. The molecule has 3 rings (SSSR count). The number of amides is 1. The van der Waals surface area contributed by atoms with Crippen LogP contribution in [0.4, 0.5) is 10.4 Å². The molecule has 5 nitrogen and oxygen atoms in total. The van der Waals surface area contributed by atoms with E-state index in [-0.39, 0.29) is 11.6 Å². The average molecular weight is 289 g/mol. The zero-order valence-corrected chi connectivity index (χ0v) is 10.9. The van der Waals surface area contributed by atoms with Gasteiger partial charge in [-0.05, 0) is 23.6 Å². The zero-order valence-electron chi connectivity index (χ0n) is 10.0. The summed E-state index contributed by atoms with van der Waals surface area (Å²) in [6.07, 6.45) is 0. The monoisotopic (exact) mass is 289 g/mol. The van der Waals surface area contributed by atoms with E-state index < -0.39 is 11.7 Å². The Morgan fingerprint density at radius 2 is 2.10 bits per heavy atom. The van der Waals surface area contributed by atoms with Crippen LogP contribution < -0.4 is 5.32 Å². The van der Waals surface area contributed by atoms with Gasteiger partial charge in [0, 0.05) is 10.9 Å². The number of nitrogens with zero attached hydrogens (tertiary/aromatic N) is 2. The number of aromatic nitrogens is 2. The lowest BCUT2D eigenvalue weighted by Crippen LogP contribution is -2.13. The maximum absolute atomic E-state index is 13.4. The molecule has 2 heterocycles. The zero-order chi connectivity index (χ0) is 13.9. The Bertz CT molecular complexity index is 740. The minimum atomic E-state index is -0.636. The number of carbonyl (C=O) groups excluding carboxylic acids is 1. The summed E-state index contributed by atoms with van der Waals surface area (Å²) in [6, 6.07) is 7.41. The summed E-state index contributed by atoms with van der Waals surface area (Å²) in [5.74, 6) is -0.943. The molecule has 7 heteroatoms. The standard InChI is InChI=1S/C13H8FN3O2S/c14-10-4-2-1-3-9(10)11(18)15-13-17-16-12(19-13)8-5-6-20-7-8/h1-7H,(H,15,17,18). The molecule has 1 amide bonds. The van der Waals surface area contributed by atoms with Gasteiger partial charge in [0.25, 0.3) is 11.8 Å². The Labute approximate surface area is 117 Å². The van der Waals surface area contributed by atoms with E-state index >= 15 is 0 Å². The van der Waals surface area contributed by atoms with Crippen LogP contribution in [0.25, 0.3) is 11.5 Å². The lowest BCUT2D eigenvalue weighted by Gasteiger charge is -2.01. The van der Waals surface area contributed by atoms with Gasteiger partial charge in [-0.15, -0.1) is 5.10 Å². The van der Waals surface area contributed by atoms with Crippen LogP contribution in [0.3, 0.4) is 0 Å². The predicted octanol–water partition coefficient (Wildman–Crippen LogP) is 3.19.